The molecule has 3 aromatic carbocycles. The summed E-state index contributed by atoms with van der Waals surface area (Å²) in [6, 6.07) is 22.6. The lowest BCUT2D eigenvalue weighted by atomic mass is 9.97. The molecule has 0 saturated carbocycles. The highest BCUT2D eigenvalue weighted by Gasteiger charge is 2.30. The number of fused-ring (bicyclic) bond motifs is 2. The van der Waals surface area contributed by atoms with Gasteiger partial charge in [-0.3, -0.25) is 0 Å². The van der Waals surface area contributed by atoms with Gasteiger partial charge in [0.05, 0.1) is 0 Å². The van der Waals surface area contributed by atoms with Crippen LogP contribution >= 0.6 is 0 Å². The lowest BCUT2D eigenvalue weighted by Gasteiger charge is -2.23. The van der Waals surface area contributed by atoms with Gasteiger partial charge in [0.1, 0.15) is 24.7 Å². The molecule has 0 fully saturated rings. The Morgan fingerprint density at radius 3 is 2.38 bits per heavy atom. The van der Waals surface area contributed by atoms with Gasteiger partial charge in [0.25, 0.3) is 0 Å². The number of esters is 1. The zero-order valence-corrected chi connectivity index (χ0v) is 16.9. The van der Waals surface area contributed by atoms with Crippen molar-refractivity contribution in [2.45, 2.75) is 0 Å². The quantitative estimate of drug-likeness (QED) is 0.445. The zero-order valence-electron chi connectivity index (χ0n) is 16.9. The molecule has 3 heterocycles. The molecule has 3 aromatic rings. The number of allylic oxidation sites excluding steroid dienone is 2. The second-order valence-electron chi connectivity index (χ2n) is 7.40. The summed E-state index contributed by atoms with van der Waals surface area (Å²) in [5.74, 6) is 2.38. The van der Waals surface area contributed by atoms with Gasteiger partial charge in [0.15, 0.2) is 17.2 Å². The van der Waals surface area contributed by atoms with E-state index in [-0.39, 0.29) is 11.6 Å². The van der Waals surface area contributed by atoms with Gasteiger partial charge in [-0.1, -0.05) is 36.4 Å². The summed E-state index contributed by atoms with van der Waals surface area (Å²) in [6.07, 6.45) is 1.82. The van der Waals surface area contributed by atoms with Crippen molar-refractivity contribution in [2.24, 2.45) is 4.99 Å². The average Bonchev–Trinajstić information content (AvgIpc) is 3.25. The van der Waals surface area contributed by atoms with E-state index in [1.54, 1.807) is 0 Å². The van der Waals surface area contributed by atoms with Crippen LogP contribution in [-0.2, 0) is 9.53 Å². The largest absolute Gasteiger partial charge is 0.486 e. The van der Waals surface area contributed by atoms with Crippen molar-refractivity contribution in [3.05, 3.63) is 101 Å². The molecule has 0 N–H and O–H groups in total. The predicted molar refractivity (Wildman–Crippen MR) is 118 cm³/mol. The monoisotopic (exact) mass is 423 g/mol. The van der Waals surface area contributed by atoms with Crippen LogP contribution in [0.2, 0.25) is 0 Å². The minimum Gasteiger partial charge on any atom is -0.486 e. The van der Waals surface area contributed by atoms with Gasteiger partial charge in [-0.05, 0) is 42.5 Å². The molecule has 0 bridgehead atoms. The highest BCUT2D eigenvalue weighted by Crippen LogP contribution is 2.41. The Balaban J connectivity index is 1.49. The number of rotatable bonds is 2. The van der Waals surface area contributed by atoms with Crippen molar-refractivity contribution in [3.8, 4) is 17.2 Å². The van der Waals surface area contributed by atoms with Crippen LogP contribution in [0.1, 0.15) is 16.7 Å². The smallest absolute Gasteiger partial charge is 0.364 e. The van der Waals surface area contributed by atoms with Gasteiger partial charge in [-0.25, -0.2) is 9.79 Å². The highest BCUT2D eigenvalue weighted by molar-refractivity contribution is 6.15. The Hall–Kier alpha value is -4.32. The summed E-state index contributed by atoms with van der Waals surface area (Å²) in [7, 11) is 0. The molecule has 156 valence electrons. The number of aliphatic imine (C=N–C) groups is 1. The molecule has 0 aliphatic carbocycles. The molecule has 0 saturated heterocycles. The van der Waals surface area contributed by atoms with Crippen molar-refractivity contribution < 1.29 is 23.7 Å². The molecule has 0 amide bonds. The van der Waals surface area contributed by atoms with Crippen LogP contribution < -0.4 is 14.2 Å². The first-order chi connectivity index (χ1) is 15.8. The SMILES string of the molecule is O=C1OC(c2ccccc2)=NC1=C1C=C(c2ccc3c(c2)OCCO3)Oc2ccccc21. The summed E-state index contributed by atoms with van der Waals surface area (Å²) in [5, 5.41) is 0. The van der Waals surface area contributed by atoms with Gasteiger partial charge in [-0.15, -0.1) is 0 Å². The summed E-state index contributed by atoms with van der Waals surface area (Å²) in [4.78, 5) is 17.3. The van der Waals surface area contributed by atoms with Crippen molar-refractivity contribution in [3.63, 3.8) is 0 Å². The van der Waals surface area contributed by atoms with Crippen molar-refractivity contribution in [1.82, 2.24) is 0 Å². The number of cyclic esters (lactones) is 1. The molecule has 0 aromatic heterocycles. The van der Waals surface area contributed by atoms with E-state index in [0.29, 0.717) is 41.8 Å². The van der Waals surface area contributed by atoms with Crippen LogP contribution in [0.15, 0.2) is 89.6 Å². The molecule has 0 spiro atoms. The molecule has 0 radical (unpaired) electrons. The summed E-state index contributed by atoms with van der Waals surface area (Å²) in [6.45, 7) is 1.02. The minimum absolute atomic E-state index is 0.245. The topological polar surface area (TPSA) is 66.4 Å². The summed E-state index contributed by atoms with van der Waals surface area (Å²) >= 11 is 0. The molecule has 32 heavy (non-hydrogen) atoms. The average molecular weight is 423 g/mol. The second kappa shape index (κ2) is 7.42. The Labute approximate surface area is 184 Å². The summed E-state index contributed by atoms with van der Waals surface area (Å²) < 4.78 is 23.0. The number of hydrogen-bond acceptors (Lipinski definition) is 6. The molecular weight excluding hydrogens is 406 g/mol. The van der Waals surface area contributed by atoms with E-state index in [4.69, 9.17) is 18.9 Å². The fourth-order valence-corrected chi connectivity index (χ4v) is 3.85. The molecule has 6 nitrogen and oxygen atoms in total. The third kappa shape index (κ3) is 3.13. The van der Waals surface area contributed by atoms with E-state index in [1.807, 2.05) is 78.9 Å². The van der Waals surface area contributed by atoms with Crippen LogP contribution in [-0.4, -0.2) is 25.1 Å². The number of carbonyl (C=O) groups excluding carboxylic acids is 1. The lowest BCUT2D eigenvalue weighted by molar-refractivity contribution is -0.129. The lowest BCUT2D eigenvalue weighted by Crippen LogP contribution is -2.15. The Morgan fingerprint density at radius 1 is 0.719 bits per heavy atom. The fourth-order valence-electron chi connectivity index (χ4n) is 3.85. The van der Waals surface area contributed by atoms with E-state index >= 15 is 0 Å². The summed E-state index contributed by atoms with van der Waals surface area (Å²) in [5.41, 5.74) is 3.22. The van der Waals surface area contributed by atoms with E-state index in [1.165, 1.54) is 0 Å². The maximum atomic E-state index is 12.8. The highest BCUT2D eigenvalue weighted by atomic mass is 16.6. The third-order valence-electron chi connectivity index (χ3n) is 5.37. The van der Waals surface area contributed by atoms with Gasteiger partial charge < -0.3 is 18.9 Å². The number of hydrogen-bond donors (Lipinski definition) is 0. The first-order valence-corrected chi connectivity index (χ1v) is 10.3. The normalized spacial score (nSPS) is 18.8. The van der Waals surface area contributed by atoms with E-state index in [9.17, 15) is 4.79 Å². The number of carbonyl (C=O) groups is 1. The molecule has 6 rings (SSSR count). The number of nitrogens with zero attached hydrogens (tertiary/aromatic N) is 1. The van der Waals surface area contributed by atoms with Gasteiger partial charge in [0.2, 0.25) is 5.90 Å². The Bertz CT molecular complexity index is 1340. The first-order valence-electron chi connectivity index (χ1n) is 10.3. The van der Waals surface area contributed by atoms with E-state index in [2.05, 4.69) is 4.99 Å². The van der Waals surface area contributed by atoms with Crippen LogP contribution in [0.25, 0.3) is 11.3 Å². The van der Waals surface area contributed by atoms with Crippen LogP contribution in [0, 0.1) is 0 Å². The van der Waals surface area contributed by atoms with Crippen molar-refractivity contribution in [2.75, 3.05) is 13.2 Å². The Kier molecular flexibility index (Phi) is 4.28. The zero-order chi connectivity index (χ0) is 21.5. The number of para-hydroxylation sites is 1. The fraction of sp³-hybridized carbons (Fsp3) is 0.0769. The maximum Gasteiger partial charge on any atom is 0.364 e. The molecule has 0 atom stereocenters. The maximum absolute atomic E-state index is 12.8. The van der Waals surface area contributed by atoms with E-state index in [0.717, 1.165) is 16.7 Å². The van der Waals surface area contributed by atoms with Crippen LogP contribution in [0.4, 0.5) is 0 Å². The van der Waals surface area contributed by atoms with Crippen molar-refractivity contribution in [1.29, 1.82) is 0 Å². The molecular formula is C26H17NO5. The van der Waals surface area contributed by atoms with E-state index < -0.39 is 5.97 Å². The molecule has 3 aliphatic rings. The molecule has 0 unspecified atom stereocenters. The van der Waals surface area contributed by atoms with Crippen LogP contribution in [0.5, 0.6) is 17.2 Å². The van der Waals surface area contributed by atoms with Gasteiger partial charge in [0, 0.05) is 22.3 Å². The number of benzene rings is 3. The van der Waals surface area contributed by atoms with Crippen molar-refractivity contribution >= 4 is 23.2 Å². The molecule has 6 heteroatoms. The molecule has 3 aliphatic heterocycles. The number of ether oxygens (including phenoxy) is 4. The second-order valence-corrected chi connectivity index (χ2v) is 7.40. The Morgan fingerprint density at radius 2 is 1.50 bits per heavy atom. The van der Waals surface area contributed by atoms with Gasteiger partial charge in [-0.2, -0.15) is 0 Å². The first kappa shape index (κ1) is 18.4. The minimum atomic E-state index is -0.492. The van der Waals surface area contributed by atoms with Gasteiger partial charge >= 0.3 is 5.97 Å². The standard InChI is InChI=1S/C26H17NO5/c28-26-24(27-25(32-26)16-6-2-1-3-7-16)19-15-22(31-20-9-5-4-8-18(19)20)17-10-11-21-23(14-17)30-13-12-29-21/h1-11,14-15H,12-13H2. The van der Waals surface area contributed by atoms with Crippen LogP contribution in [0.3, 0.4) is 0 Å². The predicted octanol–water partition coefficient (Wildman–Crippen LogP) is 4.61. The third-order valence-corrected chi connectivity index (χ3v) is 5.37.